The van der Waals surface area contributed by atoms with E-state index >= 15 is 0 Å². The van der Waals surface area contributed by atoms with Crippen LogP contribution < -0.4 is 10.6 Å². The molecule has 0 aliphatic carbocycles. The van der Waals surface area contributed by atoms with E-state index in [-0.39, 0.29) is 5.91 Å². The van der Waals surface area contributed by atoms with E-state index in [0.29, 0.717) is 16.6 Å². The van der Waals surface area contributed by atoms with Crippen molar-refractivity contribution >= 4 is 22.4 Å². The maximum atomic E-state index is 12.3. The fourth-order valence-corrected chi connectivity index (χ4v) is 3.19. The lowest BCUT2D eigenvalue weighted by molar-refractivity contribution is 0.102. The highest BCUT2D eigenvalue weighted by Gasteiger charge is 2.18. The second-order valence-electron chi connectivity index (χ2n) is 5.24. The lowest BCUT2D eigenvalue weighted by Crippen LogP contribution is -2.27. The van der Waals surface area contributed by atoms with Gasteiger partial charge >= 0.3 is 0 Å². The number of pyridine rings is 1. The second-order valence-corrected chi connectivity index (χ2v) is 6.10. The molecule has 2 aromatic rings. The zero-order valence-corrected chi connectivity index (χ0v) is 12.7. The molecule has 1 aliphatic heterocycles. The van der Waals surface area contributed by atoms with Gasteiger partial charge in [-0.15, -0.1) is 11.3 Å². The van der Waals surface area contributed by atoms with Crippen molar-refractivity contribution in [2.75, 3.05) is 18.4 Å². The molecule has 0 saturated carbocycles. The first kappa shape index (κ1) is 14.2. The molecule has 3 heterocycles. The molecule has 0 radical (unpaired) electrons. The topological polar surface area (TPSA) is 66.9 Å². The molecule has 0 unspecified atom stereocenters. The second kappa shape index (κ2) is 6.32. The molecule has 1 fully saturated rings. The standard InChI is InChI=1S/C15H18N4OS/c1-10-9-21-15(18-10)19-14(20)12-4-7-17-13(8-12)11-2-5-16-6-3-11/h4,7-9,11,16H,2-3,5-6H2,1H3,(H,18,19,20). The van der Waals surface area contributed by atoms with Gasteiger partial charge in [0, 0.05) is 28.8 Å². The van der Waals surface area contributed by atoms with Gasteiger partial charge in [-0.3, -0.25) is 15.1 Å². The normalized spacial score (nSPS) is 15.9. The average molecular weight is 302 g/mol. The summed E-state index contributed by atoms with van der Waals surface area (Å²) in [6, 6.07) is 3.66. The Morgan fingerprint density at radius 1 is 1.43 bits per heavy atom. The van der Waals surface area contributed by atoms with Gasteiger partial charge in [-0.25, -0.2) is 4.98 Å². The van der Waals surface area contributed by atoms with Gasteiger partial charge in [0.15, 0.2) is 5.13 Å². The molecule has 110 valence electrons. The van der Waals surface area contributed by atoms with E-state index < -0.39 is 0 Å². The molecular weight excluding hydrogens is 284 g/mol. The van der Waals surface area contributed by atoms with E-state index in [1.54, 1.807) is 12.3 Å². The molecule has 0 bridgehead atoms. The molecule has 0 atom stereocenters. The maximum Gasteiger partial charge on any atom is 0.257 e. The molecule has 5 nitrogen and oxygen atoms in total. The van der Waals surface area contributed by atoms with Crippen LogP contribution in [0.5, 0.6) is 0 Å². The Morgan fingerprint density at radius 2 is 2.24 bits per heavy atom. The predicted octanol–water partition coefficient (Wildman–Crippen LogP) is 2.57. The summed E-state index contributed by atoms with van der Waals surface area (Å²) in [6.45, 7) is 3.94. The van der Waals surface area contributed by atoms with E-state index in [1.165, 1.54) is 11.3 Å². The number of hydrogen-bond donors (Lipinski definition) is 2. The molecule has 1 amide bonds. The van der Waals surface area contributed by atoms with Crippen LogP contribution in [0.25, 0.3) is 0 Å². The van der Waals surface area contributed by atoms with Crippen molar-refractivity contribution in [3.05, 3.63) is 40.7 Å². The molecule has 3 rings (SSSR count). The van der Waals surface area contributed by atoms with Crippen LogP contribution in [0.4, 0.5) is 5.13 Å². The monoisotopic (exact) mass is 302 g/mol. The Hall–Kier alpha value is -1.79. The number of hydrogen-bond acceptors (Lipinski definition) is 5. The summed E-state index contributed by atoms with van der Waals surface area (Å²) >= 11 is 1.44. The van der Waals surface area contributed by atoms with E-state index in [1.807, 2.05) is 18.4 Å². The summed E-state index contributed by atoms with van der Waals surface area (Å²) in [5, 5.41) is 8.74. The summed E-state index contributed by atoms with van der Waals surface area (Å²) in [6.07, 6.45) is 3.87. The Labute approximate surface area is 127 Å². The molecule has 0 spiro atoms. The van der Waals surface area contributed by atoms with Gasteiger partial charge in [-0.2, -0.15) is 0 Å². The minimum absolute atomic E-state index is 0.123. The molecule has 0 aromatic carbocycles. The fraction of sp³-hybridized carbons (Fsp3) is 0.400. The third-order valence-corrected chi connectivity index (χ3v) is 4.52. The zero-order valence-electron chi connectivity index (χ0n) is 11.9. The third-order valence-electron chi connectivity index (χ3n) is 3.64. The SMILES string of the molecule is Cc1csc(NC(=O)c2ccnc(C3CCNCC3)c2)n1. The van der Waals surface area contributed by atoms with Crippen molar-refractivity contribution in [3.63, 3.8) is 0 Å². The maximum absolute atomic E-state index is 12.3. The first-order valence-electron chi connectivity index (χ1n) is 7.12. The third kappa shape index (κ3) is 3.46. The molecule has 2 N–H and O–H groups in total. The van der Waals surface area contributed by atoms with Crippen LogP contribution in [0.1, 0.15) is 40.5 Å². The van der Waals surface area contributed by atoms with Gasteiger partial charge in [-0.05, 0) is 45.0 Å². The summed E-state index contributed by atoms with van der Waals surface area (Å²) in [4.78, 5) is 21.0. The summed E-state index contributed by atoms with van der Waals surface area (Å²) < 4.78 is 0. The van der Waals surface area contributed by atoms with Crippen LogP contribution in [0.2, 0.25) is 0 Å². The highest BCUT2D eigenvalue weighted by atomic mass is 32.1. The number of carbonyl (C=O) groups is 1. The number of amides is 1. The molecule has 2 aromatic heterocycles. The van der Waals surface area contributed by atoms with E-state index in [0.717, 1.165) is 37.3 Å². The van der Waals surface area contributed by atoms with Crippen LogP contribution in [0.3, 0.4) is 0 Å². The summed E-state index contributed by atoms with van der Waals surface area (Å²) in [5.74, 6) is 0.322. The van der Waals surface area contributed by atoms with Crippen LogP contribution in [0.15, 0.2) is 23.7 Å². The Bertz CT molecular complexity index is 634. The predicted molar refractivity (Wildman–Crippen MR) is 83.9 cm³/mol. The number of aryl methyl sites for hydroxylation is 1. The first-order chi connectivity index (χ1) is 10.2. The van der Waals surface area contributed by atoms with Crippen LogP contribution in [0, 0.1) is 6.92 Å². The number of piperidine rings is 1. The Morgan fingerprint density at radius 3 is 2.95 bits per heavy atom. The number of aromatic nitrogens is 2. The Kier molecular flexibility index (Phi) is 4.26. The van der Waals surface area contributed by atoms with E-state index in [2.05, 4.69) is 20.6 Å². The van der Waals surface area contributed by atoms with Crippen molar-refractivity contribution in [2.24, 2.45) is 0 Å². The summed E-state index contributed by atoms with van der Waals surface area (Å²) in [7, 11) is 0. The first-order valence-corrected chi connectivity index (χ1v) is 8.00. The van der Waals surface area contributed by atoms with Crippen molar-refractivity contribution in [1.29, 1.82) is 0 Å². The minimum Gasteiger partial charge on any atom is -0.317 e. The van der Waals surface area contributed by atoms with Crippen molar-refractivity contribution < 1.29 is 4.79 Å². The van der Waals surface area contributed by atoms with Gasteiger partial charge in [0.1, 0.15) is 0 Å². The largest absolute Gasteiger partial charge is 0.317 e. The number of anilines is 1. The summed E-state index contributed by atoms with van der Waals surface area (Å²) in [5.41, 5.74) is 2.58. The Balaban J connectivity index is 1.74. The highest BCUT2D eigenvalue weighted by Crippen LogP contribution is 2.24. The number of nitrogens with zero attached hydrogens (tertiary/aromatic N) is 2. The number of nitrogens with one attached hydrogen (secondary N) is 2. The lowest BCUT2D eigenvalue weighted by Gasteiger charge is -2.22. The van der Waals surface area contributed by atoms with Gasteiger partial charge < -0.3 is 5.32 Å². The van der Waals surface area contributed by atoms with Crippen LogP contribution in [-0.2, 0) is 0 Å². The zero-order chi connectivity index (χ0) is 14.7. The quantitative estimate of drug-likeness (QED) is 0.914. The smallest absolute Gasteiger partial charge is 0.257 e. The van der Waals surface area contributed by atoms with Crippen molar-refractivity contribution in [1.82, 2.24) is 15.3 Å². The molecular formula is C15H18N4OS. The fourth-order valence-electron chi connectivity index (χ4n) is 2.51. The van der Waals surface area contributed by atoms with Crippen molar-refractivity contribution in [2.45, 2.75) is 25.7 Å². The minimum atomic E-state index is -0.123. The van der Waals surface area contributed by atoms with Gasteiger partial charge in [0.2, 0.25) is 0 Å². The van der Waals surface area contributed by atoms with E-state index in [4.69, 9.17) is 0 Å². The number of thiazole rings is 1. The number of rotatable bonds is 3. The molecule has 21 heavy (non-hydrogen) atoms. The van der Waals surface area contributed by atoms with Gasteiger partial charge in [0.05, 0.1) is 5.69 Å². The highest BCUT2D eigenvalue weighted by molar-refractivity contribution is 7.13. The van der Waals surface area contributed by atoms with Crippen LogP contribution in [-0.4, -0.2) is 29.0 Å². The molecule has 1 aliphatic rings. The molecule has 6 heteroatoms. The van der Waals surface area contributed by atoms with Crippen LogP contribution >= 0.6 is 11.3 Å². The molecule has 1 saturated heterocycles. The van der Waals surface area contributed by atoms with Gasteiger partial charge in [0.25, 0.3) is 5.91 Å². The van der Waals surface area contributed by atoms with Gasteiger partial charge in [-0.1, -0.05) is 0 Å². The number of carbonyl (C=O) groups excluding carboxylic acids is 1. The van der Waals surface area contributed by atoms with E-state index in [9.17, 15) is 4.79 Å². The average Bonchev–Trinajstić information content (AvgIpc) is 2.93. The lowest BCUT2D eigenvalue weighted by atomic mass is 9.93. The van der Waals surface area contributed by atoms with Crippen molar-refractivity contribution in [3.8, 4) is 0 Å².